The maximum absolute atomic E-state index is 11.6. The van der Waals surface area contributed by atoms with Crippen LogP contribution < -0.4 is 32.3 Å². The standard InChI is InChI=1S/C22H23ClN8O/c1-13-18(29-22(32)26-13)9-14-12-25-31-20(28-16-5-7-24-8-6-16)11-19(30-21(14)31)27-17-4-2-3-15(23)10-17/h2-4,9-12,16,24,28H,1,5-8H2,(H,27,30)(H2,26,29,32)/b18-9-. The minimum atomic E-state index is -0.303. The van der Waals surface area contributed by atoms with Gasteiger partial charge in [0.15, 0.2) is 5.65 Å². The van der Waals surface area contributed by atoms with Crippen LogP contribution >= 0.6 is 11.6 Å². The summed E-state index contributed by atoms with van der Waals surface area (Å²) in [7, 11) is 0. The Kier molecular flexibility index (Phi) is 5.42. The zero-order valence-corrected chi connectivity index (χ0v) is 18.0. The highest BCUT2D eigenvalue weighted by molar-refractivity contribution is 6.30. The predicted octanol–water partition coefficient (Wildman–Crippen LogP) is 1.55. The van der Waals surface area contributed by atoms with Crippen molar-refractivity contribution in [2.24, 2.45) is 0 Å². The Hall–Kier alpha value is -3.56. The molecule has 0 radical (unpaired) electrons. The van der Waals surface area contributed by atoms with Crippen LogP contribution in [0, 0.1) is 0 Å². The molecule has 0 atom stereocenters. The average molecular weight is 451 g/mol. The van der Waals surface area contributed by atoms with Crippen molar-refractivity contribution in [1.29, 1.82) is 0 Å². The summed E-state index contributed by atoms with van der Waals surface area (Å²) in [6.45, 7) is 5.82. The number of fused-ring (bicyclic) bond motifs is 1. The zero-order valence-electron chi connectivity index (χ0n) is 17.3. The van der Waals surface area contributed by atoms with E-state index >= 15 is 0 Å². The number of halogens is 1. The van der Waals surface area contributed by atoms with Gasteiger partial charge in [0, 0.05) is 28.4 Å². The molecule has 0 unspecified atom stereocenters. The van der Waals surface area contributed by atoms with Gasteiger partial charge in [-0.3, -0.25) is 0 Å². The van der Waals surface area contributed by atoms with Gasteiger partial charge in [-0.15, -0.1) is 0 Å². The molecule has 1 aliphatic rings. The molecule has 9 nitrogen and oxygen atoms in total. The number of imidazole rings is 1. The van der Waals surface area contributed by atoms with Gasteiger partial charge in [0.2, 0.25) is 0 Å². The van der Waals surface area contributed by atoms with Gasteiger partial charge >= 0.3 is 5.69 Å². The summed E-state index contributed by atoms with van der Waals surface area (Å²) in [5.74, 6) is 1.49. The summed E-state index contributed by atoms with van der Waals surface area (Å²) in [5.41, 5.74) is 1.94. The van der Waals surface area contributed by atoms with E-state index in [4.69, 9.17) is 16.6 Å². The maximum Gasteiger partial charge on any atom is 0.323 e. The summed E-state index contributed by atoms with van der Waals surface area (Å²) in [6.07, 6.45) is 5.59. The van der Waals surface area contributed by atoms with E-state index in [2.05, 4.69) is 37.6 Å². The van der Waals surface area contributed by atoms with Gasteiger partial charge in [-0.2, -0.15) is 9.61 Å². The lowest BCUT2D eigenvalue weighted by atomic mass is 10.1. The van der Waals surface area contributed by atoms with Crippen molar-refractivity contribution in [2.75, 3.05) is 23.7 Å². The van der Waals surface area contributed by atoms with Gasteiger partial charge in [-0.25, -0.2) is 9.78 Å². The number of aromatic nitrogens is 5. The molecule has 0 amide bonds. The Bertz CT molecular complexity index is 1430. The normalized spacial score (nSPS) is 15.3. The first-order valence-electron chi connectivity index (χ1n) is 10.4. The van der Waals surface area contributed by atoms with Crippen LogP contribution in [0.15, 0.2) is 41.3 Å². The van der Waals surface area contributed by atoms with Crippen LogP contribution in [0.4, 0.5) is 17.3 Å². The van der Waals surface area contributed by atoms with Crippen molar-refractivity contribution in [3.8, 4) is 0 Å². The first kappa shape index (κ1) is 20.3. The monoisotopic (exact) mass is 450 g/mol. The van der Waals surface area contributed by atoms with Gasteiger partial charge in [0.25, 0.3) is 0 Å². The molecule has 3 aromatic heterocycles. The van der Waals surface area contributed by atoms with Crippen molar-refractivity contribution in [3.63, 3.8) is 0 Å². The Balaban J connectivity index is 1.61. The third-order valence-electron chi connectivity index (χ3n) is 5.42. The Morgan fingerprint density at radius 3 is 2.81 bits per heavy atom. The van der Waals surface area contributed by atoms with Crippen molar-refractivity contribution in [2.45, 2.75) is 18.9 Å². The number of nitrogens with one attached hydrogen (secondary N) is 5. The lowest BCUT2D eigenvalue weighted by molar-refractivity contribution is 0.477. The number of hydrogen-bond acceptors (Lipinski definition) is 6. The fourth-order valence-corrected chi connectivity index (χ4v) is 4.04. The SMILES string of the molecule is C=c1[nH]c(=O)[nH]/c1=C\c1cnn2c(NC3CCNCC3)cc(Nc3cccc(Cl)c3)nc12. The van der Waals surface area contributed by atoms with Crippen LogP contribution in [0.25, 0.3) is 18.3 Å². The van der Waals surface area contributed by atoms with Crippen LogP contribution in [0.3, 0.4) is 0 Å². The van der Waals surface area contributed by atoms with Crippen molar-refractivity contribution < 1.29 is 0 Å². The third-order valence-corrected chi connectivity index (χ3v) is 5.66. The van der Waals surface area contributed by atoms with E-state index in [1.807, 2.05) is 36.4 Å². The quantitative estimate of drug-likeness (QED) is 0.315. The molecule has 5 rings (SSSR count). The molecule has 10 heteroatoms. The summed E-state index contributed by atoms with van der Waals surface area (Å²) >= 11 is 6.15. The highest BCUT2D eigenvalue weighted by atomic mass is 35.5. The van der Waals surface area contributed by atoms with Gasteiger partial charge < -0.3 is 25.9 Å². The lowest BCUT2D eigenvalue weighted by Gasteiger charge is -2.25. The fraction of sp³-hybridized carbons (Fsp3) is 0.227. The minimum absolute atomic E-state index is 0.303. The second-order valence-electron chi connectivity index (χ2n) is 7.78. The molecule has 1 saturated heterocycles. The minimum Gasteiger partial charge on any atom is -0.367 e. The summed E-state index contributed by atoms with van der Waals surface area (Å²) < 4.78 is 1.78. The molecule has 5 N–H and O–H groups in total. The molecule has 0 saturated carbocycles. The lowest BCUT2D eigenvalue weighted by Crippen LogP contribution is -2.35. The Morgan fingerprint density at radius 1 is 1.22 bits per heavy atom. The number of aromatic amines is 2. The number of rotatable bonds is 5. The number of nitrogens with zero attached hydrogens (tertiary/aromatic N) is 3. The number of piperidine rings is 1. The van der Waals surface area contributed by atoms with E-state index < -0.39 is 0 Å². The van der Waals surface area contributed by atoms with Gasteiger partial charge in [-0.05, 0) is 50.2 Å². The van der Waals surface area contributed by atoms with E-state index in [9.17, 15) is 4.79 Å². The molecule has 0 aliphatic carbocycles. The number of hydrogen-bond donors (Lipinski definition) is 5. The summed E-state index contributed by atoms with van der Waals surface area (Å²) in [4.78, 5) is 21.8. The molecular weight excluding hydrogens is 428 g/mol. The molecule has 0 bridgehead atoms. The van der Waals surface area contributed by atoms with E-state index in [0.717, 1.165) is 43.0 Å². The summed E-state index contributed by atoms with van der Waals surface area (Å²) in [5, 5.41) is 16.6. The predicted molar refractivity (Wildman–Crippen MR) is 127 cm³/mol. The van der Waals surface area contributed by atoms with Crippen molar-refractivity contribution >= 4 is 47.2 Å². The first-order chi connectivity index (χ1) is 15.5. The van der Waals surface area contributed by atoms with Crippen molar-refractivity contribution in [1.82, 2.24) is 29.9 Å². The molecular formula is C22H23ClN8O. The smallest absolute Gasteiger partial charge is 0.323 e. The molecule has 0 spiro atoms. The third kappa shape index (κ3) is 4.25. The van der Waals surface area contributed by atoms with Crippen LogP contribution in [0.2, 0.25) is 5.02 Å². The fourth-order valence-electron chi connectivity index (χ4n) is 3.85. The number of anilines is 3. The highest BCUT2D eigenvalue weighted by Crippen LogP contribution is 2.25. The number of benzene rings is 1. The second-order valence-corrected chi connectivity index (χ2v) is 8.22. The molecule has 4 heterocycles. The first-order valence-corrected chi connectivity index (χ1v) is 10.8. The van der Waals surface area contributed by atoms with E-state index in [-0.39, 0.29) is 5.69 Å². The second kappa shape index (κ2) is 8.52. The molecule has 1 fully saturated rings. The van der Waals surface area contributed by atoms with Crippen LogP contribution in [0.1, 0.15) is 18.4 Å². The van der Waals surface area contributed by atoms with Crippen LogP contribution in [-0.4, -0.2) is 43.7 Å². The van der Waals surface area contributed by atoms with E-state index in [0.29, 0.717) is 33.2 Å². The molecule has 164 valence electrons. The zero-order chi connectivity index (χ0) is 22.1. The Labute approximate surface area is 188 Å². The number of H-pyrrole nitrogens is 2. The topological polar surface area (TPSA) is 115 Å². The molecule has 1 aliphatic heterocycles. The van der Waals surface area contributed by atoms with Gasteiger partial charge in [-0.1, -0.05) is 24.2 Å². The van der Waals surface area contributed by atoms with E-state index in [1.165, 1.54) is 0 Å². The van der Waals surface area contributed by atoms with Crippen molar-refractivity contribution in [3.05, 3.63) is 68.3 Å². The average Bonchev–Trinajstić information content (AvgIpc) is 3.31. The Morgan fingerprint density at radius 2 is 2.06 bits per heavy atom. The maximum atomic E-state index is 11.6. The van der Waals surface area contributed by atoms with Gasteiger partial charge in [0.05, 0.1) is 16.9 Å². The highest BCUT2D eigenvalue weighted by Gasteiger charge is 2.17. The largest absolute Gasteiger partial charge is 0.367 e. The molecule has 32 heavy (non-hydrogen) atoms. The van der Waals surface area contributed by atoms with Crippen LogP contribution in [0.5, 0.6) is 0 Å². The van der Waals surface area contributed by atoms with Crippen LogP contribution in [-0.2, 0) is 0 Å². The molecule has 4 aromatic rings. The summed E-state index contributed by atoms with van der Waals surface area (Å²) in [6, 6.07) is 9.76. The van der Waals surface area contributed by atoms with E-state index in [1.54, 1.807) is 10.7 Å². The molecule has 1 aromatic carbocycles. The van der Waals surface area contributed by atoms with Gasteiger partial charge in [0.1, 0.15) is 11.6 Å².